The summed E-state index contributed by atoms with van der Waals surface area (Å²) in [6, 6.07) is 17.7. The van der Waals surface area contributed by atoms with Crippen molar-refractivity contribution in [2.75, 3.05) is 0 Å². The maximum atomic E-state index is 4.14. The van der Waals surface area contributed by atoms with Crippen LogP contribution >= 0.6 is 0 Å². The van der Waals surface area contributed by atoms with Crippen molar-refractivity contribution in [3.05, 3.63) is 96.1 Å². The van der Waals surface area contributed by atoms with Gasteiger partial charge in [0.1, 0.15) is 0 Å². The summed E-state index contributed by atoms with van der Waals surface area (Å²) in [5.74, 6) is 0. The van der Waals surface area contributed by atoms with Gasteiger partial charge in [0.15, 0.2) is 0 Å². The molecule has 0 bridgehead atoms. The van der Waals surface area contributed by atoms with Crippen molar-refractivity contribution in [1.29, 1.82) is 0 Å². The fourth-order valence-electron chi connectivity index (χ4n) is 4.22. The molecule has 2 aliphatic carbocycles. The molecule has 0 heteroatoms. The third-order valence-electron chi connectivity index (χ3n) is 5.64. The van der Waals surface area contributed by atoms with Crippen molar-refractivity contribution in [1.82, 2.24) is 0 Å². The van der Waals surface area contributed by atoms with E-state index < -0.39 is 0 Å². The van der Waals surface area contributed by atoms with Crippen molar-refractivity contribution < 1.29 is 0 Å². The first-order valence-corrected chi connectivity index (χ1v) is 9.46. The van der Waals surface area contributed by atoms with Gasteiger partial charge < -0.3 is 0 Å². The number of fused-ring (bicyclic) bond motifs is 2. The molecule has 0 amide bonds. The summed E-state index contributed by atoms with van der Waals surface area (Å²) in [6.45, 7) is 8.28. The van der Waals surface area contributed by atoms with Gasteiger partial charge in [0.25, 0.3) is 0 Å². The summed E-state index contributed by atoms with van der Waals surface area (Å²) >= 11 is 0. The first-order chi connectivity index (χ1) is 12.8. The Labute approximate surface area is 154 Å². The lowest BCUT2D eigenvalue weighted by molar-refractivity contribution is 1.50. The predicted octanol–water partition coefficient (Wildman–Crippen LogP) is 7.46. The van der Waals surface area contributed by atoms with Gasteiger partial charge in [-0.3, -0.25) is 0 Å². The number of rotatable bonds is 4. The summed E-state index contributed by atoms with van der Waals surface area (Å²) in [5, 5.41) is 5.32. The molecule has 0 saturated heterocycles. The van der Waals surface area contributed by atoms with E-state index >= 15 is 0 Å². The minimum atomic E-state index is 1.20. The minimum Gasteiger partial charge on any atom is -0.0984 e. The van der Waals surface area contributed by atoms with E-state index in [1.54, 1.807) is 0 Å². The van der Waals surface area contributed by atoms with Gasteiger partial charge in [-0.05, 0) is 69.5 Å². The maximum Gasteiger partial charge on any atom is -0.00270 e. The molecule has 5 rings (SSSR count). The zero-order valence-electron chi connectivity index (χ0n) is 15.0. The monoisotopic (exact) mass is 334 g/mol. The van der Waals surface area contributed by atoms with Gasteiger partial charge in [0.05, 0.1) is 0 Å². The molecule has 0 radical (unpaired) electrons. The summed E-state index contributed by atoms with van der Waals surface area (Å²) in [7, 11) is 0. The molecule has 26 heavy (non-hydrogen) atoms. The lowest BCUT2D eigenvalue weighted by Crippen LogP contribution is -1.94. The normalized spacial score (nSPS) is 15.2. The van der Waals surface area contributed by atoms with Crippen molar-refractivity contribution in [2.24, 2.45) is 0 Å². The van der Waals surface area contributed by atoms with Gasteiger partial charge >= 0.3 is 0 Å². The number of benzene rings is 3. The van der Waals surface area contributed by atoms with Crippen LogP contribution in [-0.4, -0.2) is 0 Å². The van der Waals surface area contributed by atoms with Gasteiger partial charge in [0, 0.05) is 0 Å². The minimum absolute atomic E-state index is 1.20. The van der Waals surface area contributed by atoms with Gasteiger partial charge in [-0.2, -0.15) is 0 Å². The van der Waals surface area contributed by atoms with E-state index in [9.17, 15) is 0 Å². The molecule has 0 N–H and O–H groups in total. The van der Waals surface area contributed by atoms with Gasteiger partial charge in [0.2, 0.25) is 0 Å². The topological polar surface area (TPSA) is 0 Å². The molecule has 0 spiro atoms. The average molecular weight is 334 g/mol. The van der Waals surface area contributed by atoms with E-state index in [0.717, 1.165) is 0 Å². The number of allylic oxidation sites excluding steroid dienone is 6. The second kappa shape index (κ2) is 5.85. The highest BCUT2D eigenvalue weighted by molar-refractivity contribution is 6.18. The van der Waals surface area contributed by atoms with E-state index in [4.69, 9.17) is 0 Å². The first-order valence-electron chi connectivity index (χ1n) is 9.46. The Bertz CT molecular complexity index is 990. The Kier molecular flexibility index (Phi) is 3.46. The van der Waals surface area contributed by atoms with E-state index in [0.29, 0.717) is 0 Å². The van der Waals surface area contributed by atoms with Crippen LogP contribution in [0.2, 0.25) is 0 Å². The standard InChI is InChI=1S/C26H22/c1-3-19(17-13-14-17)25-21-9-5-7-11-23(21)26(20(4-2)18-15-16-18)24-12-8-6-10-22(24)25/h3-12H,1-2,13-16H2. The zero-order valence-corrected chi connectivity index (χ0v) is 15.0. The van der Waals surface area contributed by atoms with Gasteiger partial charge in [-0.15, -0.1) is 0 Å². The molecule has 0 heterocycles. The third kappa shape index (κ3) is 2.29. The number of hydrogen-bond acceptors (Lipinski definition) is 0. The van der Waals surface area contributed by atoms with E-state index in [1.807, 2.05) is 0 Å². The highest BCUT2D eigenvalue weighted by Crippen LogP contribution is 2.47. The second-order valence-corrected chi connectivity index (χ2v) is 7.28. The molecule has 0 nitrogen and oxygen atoms in total. The molecule has 0 atom stereocenters. The van der Waals surface area contributed by atoms with Crippen LogP contribution in [0.1, 0.15) is 36.8 Å². The Balaban J connectivity index is 2.02. The highest BCUT2D eigenvalue weighted by Gasteiger charge is 2.24. The summed E-state index contributed by atoms with van der Waals surface area (Å²) in [6.07, 6.45) is 8.93. The fraction of sp³-hybridized carbons (Fsp3) is 0.154. The molecular weight excluding hydrogens is 312 g/mol. The zero-order chi connectivity index (χ0) is 17.7. The molecule has 0 aromatic heterocycles. The van der Waals surface area contributed by atoms with E-state index in [-0.39, 0.29) is 0 Å². The molecule has 0 aliphatic heterocycles. The van der Waals surface area contributed by atoms with Crippen molar-refractivity contribution in [2.45, 2.75) is 25.7 Å². The first kappa shape index (κ1) is 15.4. The summed E-state index contributed by atoms with van der Waals surface area (Å²) < 4.78 is 0. The SMILES string of the molecule is C=CC(=C1CC1)c1c2ccccc2c(C(C=C)=C2CC2)c2ccccc12. The third-order valence-corrected chi connectivity index (χ3v) is 5.64. The van der Waals surface area contributed by atoms with Crippen LogP contribution in [0.5, 0.6) is 0 Å². The van der Waals surface area contributed by atoms with Crippen molar-refractivity contribution in [3.8, 4) is 0 Å². The van der Waals surface area contributed by atoms with Gasteiger partial charge in [-0.25, -0.2) is 0 Å². The Hall–Kier alpha value is -2.86. The molecule has 2 aliphatic rings. The molecular formula is C26H22. The summed E-state index contributed by atoms with van der Waals surface area (Å²) in [4.78, 5) is 0. The molecule has 3 aromatic carbocycles. The van der Waals surface area contributed by atoms with Crippen LogP contribution in [0.4, 0.5) is 0 Å². The Morgan fingerprint density at radius 2 is 0.885 bits per heavy atom. The van der Waals surface area contributed by atoms with Crippen LogP contribution in [0, 0.1) is 0 Å². The van der Waals surface area contributed by atoms with Crippen molar-refractivity contribution >= 4 is 32.7 Å². The van der Waals surface area contributed by atoms with Crippen LogP contribution in [0.3, 0.4) is 0 Å². The maximum absolute atomic E-state index is 4.14. The Morgan fingerprint density at radius 3 is 1.12 bits per heavy atom. The van der Waals surface area contributed by atoms with Gasteiger partial charge in [-0.1, -0.05) is 85.0 Å². The molecule has 2 fully saturated rings. The largest absolute Gasteiger partial charge is 0.0984 e. The quantitative estimate of drug-likeness (QED) is 0.434. The van der Waals surface area contributed by atoms with Crippen LogP contribution in [0.25, 0.3) is 32.7 Å². The smallest absolute Gasteiger partial charge is 0.00270 e. The second-order valence-electron chi connectivity index (χ2n) is 7.28. The Morgan fingerprint density at radius 1 is 0.577 bits per heavy atom. The highest BCUT2D eigenvalue weighted by atomic mass is 14.3. The average Bonchev–Trinajstić information content (AvgIpc) is 3.58. The lowest BCUT2D eigenvalue weighted by atomic mass is 9.85. The molecule has 0 unspecified atom stereocenters. The van der Waals surface area contributed by atoms with Crippen LogP contribution in [-0.2, 0) is 0 Å². The fourth-order valence-corrected chi connectivity index (χ4v) is 4.22. The molecule has 126 valence electrons. The van der Waals surface area contributed by atoms with Crippen LogP contribution < -0.4 is 0 Å². The van der Waals surface area contributed by atoms with Crippen LogP contribution in [0.15, 0.2) is 85.0 Å². The predicted molar refractivity (Wildman–Crippen MR) is 114 cm³/mol. The molecule has 3 aromatic rings. The van der Waals surface area contributed by atoms with E-state index in [1.165, 1.54) is 80.6 Å². The van der Waals surface area contributed by atoms with Crippen molar-refractivity contribution in [3.63, 3.8) is 0 Å². The summed E-state index contributed by atoms with van der Waals surface area (Å²) in [5.41, 5.74) is 8.45. The lowest BCUT2D eigenvalue weighted by Gasteiger charge is -2.18. The van der Waals surface area contributed by atoms with E-state index in [2.05, 4.69) is 73.8 Å². The number of hydrogen-bond donors (Lipinski definition) is 0. The molecule has 2 saturated carbocycles.